The van der Waals surface area contributed by atoms with E-state index in [9.17, 15) is 4.79 Å². The summed E-state index contributed by atoms with van der Waals surface area (Å²) in [4.78, 5) is 18.8. The summed E-state index contributed by atoms with van der Waals surface area (Å²) in [7, 11) is 1.76. The van der Waals surface area contributed by atoms with E-state index in [-0.39, 0.29) is 5.91 Å². The summed E-state index contributed by atoms with van der Waals surface area (Å²) in [6, 6.07) is 7.29. The molecular weight excluding hydrogens is 270 g/mol. The molecule has 0 saturated carbocycles. The monoisotopic (exact) mass is 285 g/mol. The molecule has 2 aromatic rings. The lowest BCUT2D eigenvalue weighted by molar-refractivity contribution is 0.0779. The number of pyridine rings is 1. The van der Waals surface area contributed by atoms with Crippen LogP contribution in [-0.4, -0.2) is 29.4 Å². The molecule has 0 spiro atoms. The fourth-order valence-electron chi connectivity index (χ4n) is 1.69. The average molecular weight is 285 g/mol. The van der Waals surface area contributed by atoms with Gasteiger partial charge in [-0.3, -0.25) is 9.78 Å². The third kappa shape index (κ3) is 3.67. The van der Waals surface area contributed by atoms with Crippen molar-refractivity contribution in [2.24, 2.45) is 5.73 Å². The standard InChI is InChI=1S/C15H15N3OS/c1-18(15(19)14-6-2-3-8-17-14)10-12-9-13(20-11-12)5-4-7-16/h2-3,6,8-9,11H,7,10,16H2,1H3. The maximum atomic E-state index is 12.2. The number of amides is 1. The van der Waals surface area contributed by atoms with Gasteiger partial charge in [0.2, 0.25) is 0 Å². The minimum absolute atomic E-state index is 0.0913. The molecule has 0 fully saturated rings. The lowest BCUT2D eigenvalue weighted by atomic mass is 10.2. The highest BCUT2D eigenvalue weighted by atomic mass is 32.1. The van der Waals surface area contributed by atoms with Crippen LogP contribution in [0.2, 0.25) is 0 Å². The molecule has 1 amide bonds. The Labute approximate surface area is 122 Å². The molecule has 0 aromatic carbocycles. The molecular formula is C15H15N3OS. The summed E-state index contributed by atoms with van der Waals surface area (Å²) in [5.41, 5.74) is 6.85. The minimum Gasteiger partial charge on any atom is -0.336 e. The number of nitrogens with two attached hydrogens (primary N) is 1. The van der Waals surface area contributed by atoms with Crippen molar-refractivity contribution in [3.05, 3.63) is 52.0 Å². The summed E-state index contributed by atoms with van der Waals surface area (Å²) < 4.78 is 0. The Morgan fingerprint density at radius 2 is 2.35 bits per heavy atom. The first kappa shape index (κ1) is 14.3. The summed E-state index contributed by atoms with van der Waals surface area (Å²) >= 11 is 1.56. The van der Waals surface area contributed by atoms with Crippen LogP contribution in [0, 0.1) is 11.8 Å². The Morgan fingerprint density at radius 1 is 1.50 bits per heavy atom. The number of thiophene rings is 1. The number of hydrogen-bond acceptors (Lipinski definition) is 4. The smallest absolute Gasteiger partial charge is 0.272 e. The number of nitrogens with zero attached hydrogens (tertiary/aromatic N) is 2. The fraction of sp³-hybridized carbons (Fsp3) is 0.200. The van der Waals surface area contributed by atoms with E-state index < -0.39 is 0 Å². The summed E-state index contributed by atoms with van der Waals surface area (Å²) in [6.45, 7) is 0.890. The molecule has 0 atom stereocenters. The summed E-state index contributed by atoms with van der Waals surface area (Å²) in [6.07, 6.45) is 1.62. The first-order chi connectivity index (χ1) is 9.70. The SMILES string of the molecule is CN(Cc1csc(C#CCN)c1)C(=O)c1ccccn1. The first-order valence-corrected chi connectivity index (χ1v) is 7.01. The lowest BCUT2D eigenvalue weighted by Gasteiger charge is -2.15. The molecule has 0 radical (unpaired) electrons. The van der Waals surface area contributed by atoms with Crippen LogP contribution in [0.4, 0.5) is 0 Å². The summed E-state index contributed by atoms with van der Waals surface area (Å²) in [5, 5.41) is 2.00. The van der Waals surface area contributed by atoms with Crippen LogP contribution < -0.4 is 5.73 Å². The van der Waals surface area contributed by atoms with E-state index in [1.54, 1.807) is 47.7 Å². The zero-order valence-corrected chi connectivity index (χ0v) is 12.0. The second-order valence-electron chi connectivity index (χ2n) is 4.20. The molecule has 2 aromatic heterocycles. The Balaban J connectivity index is 2.02. The predicted octanol–water partition coefficient (Wildman–Crippen LogP) is 1.73. The molecule has 0 unspecified atom stereocenters. The molecule has 0 aliphatic rings. The van der Waals surface area contributed by atoms with Gasteiger partial charge in [0.15, 0.2) is 0 Å². The molecule has 0 aliphatic heterocycles. The third-order valence-electron chi connectivity index (χ3n) is 2.62. The fourth-order valence-corrected chi connectivity index (χ4v) is 2.46. The van der Waals surface area contributed by atoms with Crippen LogP contribution >= 0.6 is 11.3 Å². The van der Waals surface area contributed by atoms with Crippen molar-refractivity contribution in [1.82, 2.24) is 9.88 Å². The van der Waals surface area contributed by atoms with Crippen LogP contribution in [-0.2, 0) is 6.54 Å². The van der Waals surface area contributed by atoms with E-state index >= 15 is 0 Å². The van der Waals surface area contributed by atoms with Gasteiger partial charge < -0.3 is 10.6 Å². The van der Waals surface area contributed by atoms with Crippen LogP contribution in [0.5, 0.6) is 0 Å². The van der Waals surface area contributed by atoms with E-state index in [1.165, 1.54) is 0 Å². The topological polar surface area (TPSA) is 59.2 Å². The summed E-state index contributed by atoms with van der Waals surface area (Å²) in [5.74, 6) is 5.71. The van der Waals surface area contributed by atoms with Gasteiger partial charge in [-0.2, -0.15) is 0 Å². The Morgan fingerprint density at radius 3 is 3.05 bits per heavy atom. The molecule has 2 rings (SSSR count). The molecule has 5 heteroatoms. The van der Waals surface area contributed by atoms with E-state index in [0.29, 0.717) is 18.8 Å². The van der Waals surface area contributed by atoms with Gasteiger partial charge in [0.25, 0.3) is 5.91 Å². The van der Waals surface area contributed by atoms with Gasteiger partial charge in [0, 0.05) is 19.8 Å². The van der Waals surface area contributed by atoms with E-state index in [2.05, 4.69) is 16.8 Å². The molecule has 0 saturated heterocycles. The second kappa shape index (κ2) is 6.85. The zero-order chi connectivity index (χ0) is 14.4. The average Bonchev–Trinajstić information content (AvgIpc) is 2.92. The van der Waals surface area contributed by atoms with Crippen LogP contribution in [0.3, 0.4) is 0 Å². The molecule has 2 N–H and O–H groups in total. The van der Waals surface area contributed by atoms with Gasteiger partial charge in [-0.05, 0) is 29.1 Å². The van der Waals surface area contributed by atoms with Gasteiger partial charge >= 0.3 is 0 Å². The van der Waals surface area contributed by atoms with Crippen molar-refractivity contribution in [2.75, 3.05) is 13.6 Å². The molecule has 102 valence electrons. The number of hydrogen-bond donors (Lipinski definition) is 1. The molecule has 0 bridgehead atoms. The highest BCUT2D eigenvalue weighted by Crippen LogP contribution is 2.15. The van der Waals surface area contributed by atoms with Crippen molar-refractivity contribution < 1.29 is 4.79 Å². The number of carbonyl (C=O) groups excluding carboxylic acids is 1. The second-order valence-corrected chi connectivity index (χ2v) is 5.11. The largest absolute Gasteiger partial charge is 0.336 e. The maximum absolute atomic E-state index is 12.2. The molecule has 2 heterocycles. The van der Waals surface area contributed by atoms with Crippen LogP contribution in [0.1, 0.15) is 20.9 Å². The van der Waals surface area contributed by atoms with Crippen LogP contribution in [0.25, 0.3) is 0 Å². The van der Waals surface area contributed by atoms with E-state index in [1.807, 2.05) is 11.4 Å². The highest BCUT2D eigenvalue weighted by Gasteiger charge is 2.13. The van der Waals surface area contributed by atoms with Crippen molar-refractivity contribution in [2.45, 2.75) is 6.54 Å². The van der Waals surface area contributed by atoms with Crippen molar-refractivity contribution >= 4 is 17.2 Å². The first-order valence-electron chi connectivity index (χ1n) is 6.13. The van der Waals surface area contributed by atoms with Gasteiger partial charge in [0.05, 0.1) is 11.4 Å². The number of aromatic nitrogens is 1. The third-order valence-corrected chi connectivity index (χ3v) is 3.51. The van der Waals surface area contributed by atoms with E-state index in [4.69, 9.17) is 5.73 Å². The number of rotatable bonds is 3. The zero-order valence-electron chi connectivity index (χ0n) is 11.2. The van der Waals surface area contributed by atoms with Crippen molar-refractivity contribution in [3.8, 4) is 11.8 Å². The maximum Gasteiger partial charge on any atom is 0.272 e. The number of carbonyl (C=O) groups is 1. The lowest BCUT2D eigenvalue weighted by Crippen LogP contribution is -2.26. The predicted molar refractivity (Wildman–Crippen MR) is 80.3 cm³/mol. The highest BCUT2D eigenvalue weighted by molar-refractivity contribution is 7.10. The van der Waals surface area contributed by atoms with Gasteiger partial charge in [-0.1, -0.05) is 17.9 Å². The van der Waals surface area contributed by atoms with Gasteiger partial charge in [-0.25, -0.2) is 0 Å². The van der Waals surface area contributed by atoms with Crippen molar-refractivity contribution in [3.63, 3.8) is 0 Å². The quantitative estimate of drug-likeness (QED) is 0.874. The Bertz CT molecular complexity index is 640. The van der Waals surface area contributed by atoms with Crippen LogP contribution in [0.15, 0.2) is 35.8 Å². The Kier molecular flexibility index (Phi) is 4.88. The molecule has 20 heavy (non-hydrogen) atoms. The van der Waals surface area contributed by atoms with Gasteiger partial charge in [0.1, 0.15) is 5.69 Å². The minimum atomic E-state index is -0.0913. The van der Waals surface area contributed by atoms with E-state index in [0.717, 1.165) is 10.4 Å². The molecule has 0 aliphatic carbocycles. The Hall–Kier alpha value is -2.16. The van der Waals surface area contributed by atoms with Crippen molar-refractivity contribution in [1.29, 1.82) is 0 Å². The molecule has 4 nitrogen and oxygen atoms in total. The normalized spacial score (nSPS) is 9.70. The van der Waals surface area contributed by atoms with Gasteiger partial charge in [-0.15, -0.1) is 11.3 Å².